The van der Waals surface area contributed by atoms with Gasteiger partial charge in [0.15, 0.2) is 11.5 Å². The first-order chi connectivity index (χ1) is 9.17. The van der Waals surface area contributed by atoms with Gasteiger partial charge in [0.25, 0.3) is 0 Å². The van der Waals surface area contributed by atoms with E-state index in [9.17, 15) is 5.11 Å². The highest BCUT2D eigenvalue weighted by Gasteiger charge is 2.38. The van der Waals surface area contributed by atoms with Gasteiger partial charge in [-0.1, -0.05) is 19.1 Å². The third-order valence-corrected chi connectivity index (χ3v) is 3.51. The summed E-state index contributed by atoms with van der Waals surface area (Å²) < 4.78 is 11.3. The second kappa shape index (κ2) is 6.26. The maximum Gasteiger partial charge on any atom is 0.161 e. The molecule has 1 aliphatic rings. The fourth-order valence-corrected chi connectivity index (χ4v) is 2.30. The molecule has 106 valence electrons. The van der Waals surface area contributed by atoms with Crippen LogP contribution < -0.4 is 9.47 Å². The smallest absolute Gasteiger partial charge is 0.161 e. The first-order valence-corrected chi connectivity index (χ1v) is 6.96. The Balaban J connectivity index is 1.75. The molecular formula is C15H23NO3. The Hall–Kier alpha value is -1.26. The summed E-state index contributed by atoms with van der Waals surface area (Å²) in [4.78, 5) is 2.20. The number of β-amino-alcohol motifs (C(OH)–C–C–N with tert-alkyl or cyclic N) is 1. The van der Waals surface area contributed by atoms with Crippen LogP contribution in [-0.2, 0) is 0 Å². The average molecular weight is 265 g/mol. The predicted octanol–water partition coefficient (Wildman–Crippen LogP) is 1.92. The monoisotopic (exact) mass is 265 g/mol. The number of aliphatic hydroxyl groups is 1. The molecule has 1 aliphatic heterocycles. The molecule has 19 heavy (non-hydrogen) atoms. The van der Waals surface area contributed by atoms with E-state index in [4.69, 9.17) is 9.47 Å². The van der Waals surface area contributed by atoms with E-state index in [-0.39, 0.29) is 0 Å². The molecule has 2 rings (SSSR count). The van der Waals surface area contributed by atoms with E-state index < -0.39 is 5.60 Å². The second-order valence-electron chi connectivity index (χ2n) is 5.02. The van der Waals surface area contributed by atoms with Gasteiger partial charge in [-0.3, -0.25) is 4.90 Å². The molecule has 0 unspecified atom stereocenters. The average Bonchev–Trinajstić information content (AvgIpc) is 2.38. The molecule has 1 aromatic carbocycles. The van der Waals surface area contributed by atoms with Crippen molar-refractivity contribution >= 4 is 0 Å². The summed E-state index contributed by atoms with van der Waals surface area (Å²) in [5, 5.41) is 9.92. The standard InChI is InChI=1S/C15H23NO3/c1-3-15(17)11-16(12-15)9-10-19-14-8-6-5-7-13(14)18-4-2/h5-8,17H,3-4,9-12H2,1-2H3. The number of nitrogens with zero attached hydrogens (tertiary/aromatic N) is 1. The molecule has 1 heterocycles. The van der Waals surface area contributed by atoms with Crippen molar-refractivity contribution in [3.8, 4) is 11.5 Å². The van der Waals surface area contributed by atoms with Crippen LogP contribution in [0.25, 0.3) is 0 Å². The molecule has 0 atom stereocenters. The Morgan fingerprint density at radius 3 is 2.37 bits per heavy atom. The first kappa shape index (κ1) is 14.2. The zero-order valence-corrected chi connectivity index (χ0v) is 11.8. The molecule has 0 amide bonds. The lowest BCUT2D eigenvalue weighted by atomic mass is 9.91. The summed E-state index contributed by atoms with van der Waals surface area (Å²) in [6.07, 6.45) is 0.817. The second-order valence-corrected chi connectivity index (χ2v) is 5.02. The van der Waals surface area contributed by atoms with Crippen molar-refractivity contribution in [3.63, 3.8) is 0 Å². The Morgan fingerprint density at radius 1 is 1.16 bits per heavy atom. The Labute approximate surface area is 114 Å². The summed E-state index contributed by atoms with van der Waals surface area (Å²) >= 11 is 0. The maximum absolute atomic E-state index is 9.92. The molecule has 1 aromatic rings. The Bertz CT molecular complexity index is 402. The van der Waals surface area contributed by atoms with Crippen LogP contribution in [0, 0.1) is 0 Å². The molecule has 1 saturated heterocycles. The van der Waals surface area contributed by atoms with Crippen molar-refractivity contribution in [2.24, 2.45) is 0 Å². The van der Waals surface area contributed by atoms with Crippen LogP contribution in [0.3, 0.4) is 0 Å². The lowest BCUT2D eigenvalue weighted by molar-refractivity contribution is -0.102. The number of rotatable bonds is 7. The summed E-state index contributed by atoms with van der Waals surface area (Å²) in [6, 6.07) is 7.72. The highest BCUT2D eigenvalue weighted by atomic mass is 16.5. The normalized spacial score (nSPS) is 17.8. The van der Waals surface area contributed by atoms with Gasteiger partial charge in [0.05, 0.1) is 12.2 Å². The van der Waals surface area contributed by atoms with Gasteiger partial charge in [0.2, 0.25) is 0 Å². The van der Waals surface area contributed by atoms with Crippen LogP contribution in [-0.4, -0.2) is 48.5 Å². The van der Waals surface area contributed by atoms with Crippen molar-refractivity contribution in [2.75, 3.05) is 32.8 Å². The molecule has 0 saturated carbocycles. The zero-order chi connectivity index (χ0) is 13.7. The molecule has 0 aromatic heterocycles. The fourth-order valence-electron chi connectivity index (χ4n) is 2.30. The zero-order valence-electron chi connectivity index (χ0n) is 11.8. The van der Waals surface area contributed by atoms with Gasteiger partial charge in [-0.15, -0.1) is 0 Å². The van der Waals surface area contributed by atoms with Crippen LogP contribution in [0.5, 0.6) is 11.5 Å². The molecule has 0 aliphatic carbocycles. The van der Waals surface area contributed by atoms with Crippen LogP contribution in [0.4, 0.5) is 0 Å². The number of benzene rings is 1. The lowest BCUT2D eigenvalue weighted by Gasteiger charge is -2.46. The third-order valence-electron chi connectivity index (χ3n) is 3.51. The maximum atomic E-state index is 9.92. The Morgan fingerprint density at radius 2 is 1.79 bits per heavy atom. The van der Waals surface area contributed by atoms with Crippen LogP contribution in [0.2, 0.25) is 0 Å². The number of likely N-dealkylation sites (tertiary alicyclic amines) is 1. The Kier molecular flexibility index (Phi) is 4.66. The van der Waals surface area contributed by atoms with E-state index in [1.54, 1.807) is 0 Å². The van der Waals surface area contributed by atoms with Crippen molar-refractivity contribution < 1.29 is 14.6 Å². The molecule has 0 spiro atoms. The van der Waals surface area contributed by atoms with Gasteiger partial charge in [-0.25, -0.2) is 0 Å². The quantitative estimate of drug-likeness (QED) is 0.818. The molecule has 1 fully saturated rings. The molecular weight excluding hydrogens is 242 g/mol. The van der Waals surface area contributed by atoms with Crippen molar-refractivity contribution in [1.29, 1.82) is 0 Å². The largest absolute Gasteiger partial charge is 0.490 e. The van der Waals surface area contributed by atoms with E-state index in [1.165, 1.54) is 0 Å². The van der Waals surface area contributed by atoms with E-state index in [1.807, 2.05) is 38.1 Å². The highest BCUT2D eigenvalue weighted by molar-refractivity contribution is 5.39. The molecule has 4 heteroatoms. The van der Waals surface area contributed by atoms with E-state index in [2.05, 4.69) is 4.90 Å². The summed E-state index contributed by atoms with van der Waals surface area (Å²) in [7, 11) is 0. The predicted molar refractivity (Wildman–Crippen MR) is 74.8 cm³/mol. The van der Waals surface area contributed by atoms with Gasteiger partial charge in [0.1, 0.15) is 6.61 Å². The molecule has 1 N–H and O–H groups in total. The van der Waals surface area contributed by atoms with Gasteiger partial charge in [0, 0.05) is 19.6 Å². The van der Waals surface area contributed by atoms with Gasteiger partial charge >= 0.3 is 0 Å². The van der Waals surface area contributed by atoms with Crippen molar-refractivity contribution in [1.82, 2.24) is 4.90 Å². The third kappa shape index (κ3) is 3.61. The topological polar surface area (TPSA) is 41.9 Å². The fraction of sp³-hybridized carbons (Fsp3) is 0.600. The molecule has 0 bridgehead atoms. The minimum atomic E-state index is -0.469. The molecule has 0 radical (unpaired) electrons. The van der Waals surface area contributed by atoms with E-state index in [0.29, 0.717) is 13.2 Å². The van der Waals surface area contributed by atoms with Gasteiger partial charge in [-0.05, 0) is 25.5 Å². The highest BCUT2D eigenvalue weighted by Crippen LogP contribution is 2.27. The van der Waals surface area contributed by atoms with Crippen LogP contribution in [0.15, 0.2) is 24.3 Å². The number of para-hydroxylation sites is 2. The van der Waals surface area contributed by atoms with Crippen LogP contribution >= 0.6 is 0 Å². The number of hydrogen-bond donors (Lipinski definition) is 1. The number of ether oxygens (including phenoxy) is 2. The first-order valence-electron chi connectivity index (χ1n) is 6.96. The minimum Gasteiger partial charge on any atom is -0.490 e. The number of hydrogen-bond acceptors (Lipinski definition) is 4. The summed E-state index contributed by atoms with van der Waals surface area (Å²) in [6.45, 7) is 7.57. The van der Waals surface area contributed by atoms with Crippen molar-refractivity contribution in [2.45, 2.75) is 25.9 Å². The van der Waals surface area contributed by atoms with Gasteiger partial charge in [-0.2, -0.15) is 0 Å². The summed E-state index contributed by atoms with van der Waals surface area (Å²) in [5.41, 5.74) is -0.469. The van der Waals surface area contributed by atoms with E-state index in [0.717, 1.165) is 37.6 Å². The van der Waals surface area contributed by atoms with Crippen molar-refractivity contribution in [3.05, 3.63) is 24.3 Å². The molecule has 4 nitrogen and oxygen atoms in total. The minimum absolute atomic E-state index is 0.469. The summed E-state index contributed by atoms with van der Waals surface area (Å²) in [5.74, 6) is 1.58. The van der Waals surface area contributed by atoms with E-state index >= 15 is 0 Å². The van der Waals surface area contributed by atoms with Gasteiger partial charge < -0.3 is 14.6 Å². The lowest BCUT2D eigenvalue weighted by Crippen LogP contribution is -2.61. The SMILES string of the molecule is CCOc1ccccc1OCCN1CC(O)(CC)C1. The van der Waals surface area contributed by atoms with Crippen LogP contribution in [0.1, 0.15) is 20.3 Å².